The quantitative estimate of drug-likeness (QED) is 0.431. The first-order chi connectivity index (χ1) is 17.5. The highest BCUT2D eigenvalue weighted by Crippen LogP contribution is 2.52. The Hall–Kier alpha value is -2.88. The molecule has 0 aliphatic heterocycles. The highest BCUT2D eigenvalue weighted by Gasteiger charge is 2.53. The number of nitrogens with one attached hydrogen (secondary N) is 1. The SMILES string of the molecule is CC1(O)C2CC[C@H]1CC(S(=O)(=O)c1cc(C(=O)Nc3ccc(F)c(F)c3)c(-c3ccccn3)cc1Cl)C2. The highest BCUT2D eigenvalue weighted by molar-refractivity contribution is 7.92. The van der Waals surface area contributed by atoms with Gasteiger partial charge in [0.2, 0.25) is 0 Å². The van der Waals surface area contributed by atoms with Crippen LogP contribution in [0.1, 0.15) is 43.0 Å². The van der Waals surface area contributed by atoms with Gasteiger partial charge in [0.15, 0.2) is 21.5 Å². The molecule has 2 N–H and O–H groups in total. The number of hydrogen-bond donors (Lipinski definition) is 2. The number of halogens is 3. The molecule has 1 aromatic heterocycles. The van der Waals surface area contributed by atoms with Crippen LogP contribution in [0.25, 0.3) is 11.3 Å². The number of hydrogen-bond acceptors (Lipinski definition) is 5. The Morgan fingerprint density at radius 3 is 2.41 bits per heavy atom. The molecule has 194 valence electrons. The van der Waals surface area contributed by atoms with Crippen molar-refractivity contribution in [3.8, 4) is 11.3 Å². The van der Waals surface area contributed by atoms with Crippen LogP contribution in [0.4, 0.5) is 14.5 Å². The minimum absolute atomic E-state index is 0.00122. The van der Waals surface area contributed by atoms with Gasteiger partial charge in [-0.05, 0) is 80.8 Å². The van der Waals surface area contributed by atoms with E-state index in [1.54, 1.807) is 25.1 Å². The van der Waals surface area contributed by atoms with Crippen molar-refractivity contribution in [2.75, 3.05) is 5.32 Å². The maximum Gasteiger partial charge on any atom is 0.256 e. The normalized spacial score (nSPS) is 25.2. The van der Waals surface area contributed by atoms with Crippen LogP contribution in [-0.2, 0) is 9.84 Å². The van der Waals surface area contributed by atoms with Crippen molar-refractivity contribution in [2.45, 2.75) is 48.4 Å². The Bertz CT molecular complexity index is 1470. The number of rotatable bonds is 5. The average molecular weight is 547 g/mol. The summed E-state index contributed by atoms with van der Waals surface area (Å²) in [7, 11) is -3.96. The Morgan fingerprint density at radius 2 is 1.78 bits per heavy atom. The predicted octanol–water partition coefficient (Wildman–Crippen LogP) is 5.65. The van der Waals surface area contributed by atoms with Gasteiger partial charge in [-0.25, -0.2) is 17.2 Å². The summed E-state index contributed by atoms with van der Waals surface area (Å²) >= 11 is 6.52. The molecule has 1 heterocycles. The number of benzene rings is 2. The second kappa shape index (κ2) is 9.45. The zero-order chi connectivity index (χ0) is 26.5. The molecule has 2 fully saturated rings. The molecule has 6 nitrogen and oxygen atoms in total. The number of sulfone groups is 1. The molecule has 0 spiro atoms. The van der Waals surface area contributed by atoms with Crippen molar-refractivity contribution in [1.82, 2.24) is 4.98 Å². The number of fused-ring (bicyclic) bond motifs is 2. The first kappa shape index (κ1) is 25.8. The molecule has 5 rings (SSSR count). The standard InChI is InChI=1S/C27H25ClF2N2O4S/c1-27(34)15-5-6-16(27)11-18(10-15)37(35,36)25-14-20(19(13-21(25)28)24-4-2-3-9-31-24)26(33)32-17-7-8-22(29)23(30)12-17/h2-4,7-9,12-16,18,34H,5-6,10-11H2,1H3,(H,32,33)/t15-,16?,18?,27?/m0/s1. The summed E-state index contributed by atoms with van der Waals surface area (Å²) in [5, 5.41) is 12.5. The number of amides is 1. The molecule has 0 radical (unpaired) electrons. The molecule has 2 aliphatic rings. The van der Waals surface area contributed by atoms with E-state index >= 15 is 0 Å². The Morgan fingerprint density at radius 1 is 1.08 bits per heavy atom. The van der Waals surface area contributed by atoms with Crippen molar-refractivity contribution >= 4 is 33.0 Å². The van der Waals surface area contributed by atoms with E-state index in [1.807, 2.05) is 0 Å². The maximum absolute atomic E-state index is 13.8. The second-order valence-corrected chi connectivity index (χ2v) is 12.6. The maximum atomic E-state index is 13.8. The predicted molar refractivity (Wildman–Crippen MR) is 136 cm³/mol. The molecule has 10 heteroatoms. The number of anilines is 1. The summed E-state index contributed by atoms with van der Waals surface area (Å²) in [5.41, 5.74) is -0.251. The van der Waals surface area contributed by atoms with Gasteiger partial charge in [0, 0.05) is 23.5 Å². The third kappa shape index (κ3) is 4.64. The van der Waals surface area contributed by atoms with E-state index in [-0.39, 0.29) is 38.6 Å². The second-order valence-electron chi connectivity index (χ2n) is 9.96. The van der Waals surface area contributed by atoms with Gasteiger partial charge in [-0.1, -0.05) is 17.7 Å². The summed E-state index contributed by atoms with van der Waals surface area (Å²) in [6.07, 6.45) is 3.66. The lowest BCUT2D eigenvalue weighted by Gasteiger charge is -2.40. The van der Waals surface area contributed by atoms with Gasteiger partial charge in [0.05, 0.1) is 32.0 Å². The highest BCUT2D eigenvalue weighted by atomic mass is 35.5. The van der Waals surface area contributed by atoms with E-state index in [0.717, 1.165) is 25.0 Å². The molecular formula is C27H25ClF2N2O4S. The zero-order valence-corrected chi connectivity index (χ0v) is 21.5. The van der Waals surface area contributed by atoms with Crippen LogP contribution in [0.3, 0.4) is 0 Å². The van der Waals surface area contributed by atoms with E-state index < -0.39 is 38.2 Å². The first-order valence-corrected chi connectivity index (χ1v) is 13.9. The van der Waals surface area contributed by atoms with Crippen LogP contribution in [0.15, 0.2) is 59.6 Å². The number of carbonyl (C=O) groups is 1. The monoisotopic (exact) mass is 546 g/mol. The number of carbonyl (C=O) groups excluding carboxylic acids is 1. The van der Waals surface area contributed by atoms with E-state index in [9.17, 15) is 27.1 Å². The molecule has 0 saturated heterocycles. The van der Waals surface area contributed by atoms with Crippen molar-refractivity contribution < 1.29 is 27.1 Å². The lowest BCUT2D eigenvalue weighted by molar-refractivity contribution is -0.0413. The van der Waals surface area contributed by atoms with E-state index in [2.05, 4.69) is 10.3 Å². The Kier molecular flexibility index (Phi) is 6.58. The van der Waals surface area contributed by atoms with Gasteiger partial charge in [-0.2, -0.15) is 0 Å². The van der Waals surface area contributed by atoms with Crippen LogP contribution in [-0.4, -0.2) is 35.3 Å². The number of nitrogens with zero attached hydrogens (tertiary/aromatic N) is 1. The van der Waals surface area contributed by atoms with Gasteiger partial charge in [-0.15, -0.1) is 0 Å². The largest absolute Gasteiger partial charge is 0.390 e. The average Bonchev–Trinajstić information content (AvgIpc) is 3.02. The molecule has 37 heavy (non-hydrogen) atoms. The van der Waals surface area contributed by atoms with E-state index in [0.29, 0.717) is 18.5 Å². The van der Waals surface area contributed by atoms with Crippen molar-refractivity contribution in [2.24, 2.45) is 11.8 Å². The van der Waals surface area contributed by atoms with E-state index in [4.69, 9.17) is 11.6 Å². The minimum Gasteiger partial charge on any atom is -0.390 e. The van der Waals surface area contributed by atoms with Crippen LogP contribution in [0.2, 0.25) is 5.02 Å². The summed E-state index contributed by atoms with van der Waals surface area (Å²) in [5.74, 6) is -3.19. The van der Waals surface area contributed by atoms with Crippen LogP contribution in [0.5, 0.6) is 0 Å². The lowest BCUT2D eigenvalue weighted by Crippen LogP contribution is -2.45. The van der Waals surface area contributed by atoms with Crippen molar-refractivity contribution in [3.63, 3.8) is 0 Å². The minimum atomic E-state index is -3.96. The van der Waals surface area contributed by atoms with Gasteiger partial charge >= 0.3 is 0 Å². The molecule has 4 atom stereocenters. The fraction of sp³-hybridized carbons (Fsp3) is 0.333. The fourth-order valence-electron chi connectivity index (χ4n) is 5.66. The zero-order valence-electron chi connectivity index (χ0n) is 19.9. The topological polar surface area (TPSA) is 96.4 Å². The lowest BCUT2D eigenvalue weighted by atomic mass is 9.76. The van der Waals surface area contributed by atoms with Gasteiger partial charge in [0.25, 0.3) is 5.91 Å². The summed E-state index contributed by atoms with van der Waals surface area (Å²) in [6, 6.07) is 10.6. The van der Waals surface area contributed by atoms with E-state index in [1.165, 1.54) is 24.4 Å². The smallest absolute Gasteiger partial charge is 0.256 e. The Labute approximate surface area is 218 Å². The molecule has 2 aliphatic carbocycles. The third-order valence-electron chi connectivity index (χ3n) is 7.79. The molecule has 2 aromatic carbocycles. The van der Waals surface area contributed by atoms with Crippen LogP contribution >= 0.6 is 11.6 Å². The van der Waals surface area contributed by atoms with Gasteiger partial charge < -0.3 is 10.4 Å². The molecule has 2 bridgehead atoms. The van der Waals surface area contributed by atoms with Crippen molar-refractivity contribution in [1.29, 1.82) is 0 Å². The Balaban J connectivity index is 1.57. The molecule has 3 unspecified atom stereocenters. The van der Waals surface area contributed by atoms with Gasteiger partial charge in [0.1, 0.15) is 0 Å². The van der Waals surface area contributed by atoms with Crippen LogP contribution in [0, 0.1) is 23.5 Å². The summed E-state index contributed by atoms with van der Waals surface area (Å²) < 4.78 is 54.7. The molecule has 2 saturated carbocycles. The third-order valence-corrected chi connectivity index (χ3v) is 10.4. The van der Waals surface area contributed by atoms with Crippen LogP contribution < -0.4 is 5.32 Å². The number of aliphatic hydroxyl groups is 1. The summed E-state index contributed by atoms with van der Waals surface area (Å²) in [4.78, 5) is 17.4. The molecule has 3 aromatic rings. The molecular weight excluding hydrogens is 522 g/mol. The van der Waals surface area contributed by atoms with Crippen molar-refractivity contribution in [3.05, 3.63) is 76.9 Å². The number of pyridine rings is 1. The fourth-order valence-corrected chi connectivity index (χ4v) is 8.09. The first-order valence-electron chi connectivity index (χ1n) is 12.0. The van der Waals surface area contributed by atoms with Gasteiger partial charge in [-0.3, -0.25) is 9.78 Å². The molecule has 1 amide bonds. The summed E-state index contributed by atoms with van der Waals surface area (Å²) in [6.45, 7) is 1.77. The number of aromatic nitrogens is 1.